The summed E-state index contributed by atoms with van der Waals surface area (Å²) in [5.74, 6) is 0. The Morgan fingerprint density at radius 3 is 2.43 bits per heavy atom. The molecule has 2 N–H and O–H groups in total. The average molecular weight is 324 g/mol. The molecule has 9 heteroatoms. The van der Waals surface area contributed by atoms with E-state index >= 15 is 0 Å². The molecule has 0 unspecified atom stereocenters. The van der Waals surface area contributed by atoms with E-state index in [0.717, 1.165) is 22.5 Å². The molecule has 118 valence electrons. The topological polar surface area (TPSA) is 69.6 Å². The zero-order valence-corrected chi connectivity index (χ0v) is 11.9. The molecule has 5 nitrogen and oxygen atoms in total. The van der Waals surface area contributed by atoms with Crippen LogP contribution >= 0.6 is 0 Å². The van der Waals surface area contributed by atoms with Crippen molar-refractivity contribution in [3.63, 3.8) is 0 Å². The van der Waals surface area contributed by atoms with Crippen LogP contribution in [0.1, 0.15) is 5.56 Å². The van der Waals surface area contributed by atoms with Gasteiger partial charge in [-0.2, -0.15) is 17.5 Å². The molecule has 0 radical (unpaired) electrons. The number of halogens is 3. The van der Waals surface area contributed by atoms with Crippen molar-refractivity contribution in [3.05, 3.63) is 29.8 Å². The number of hydrogen-bond acceptors (Lipinski definition) is 4. The second-order valence-corrected chi connectivity index (χ2v) is 6.77. The third-order valence-corrected chi connectivity index (χ3v) is 5.41. The van der Waals surface area contributed by atoms with Gasteiger partial charge in [-0.3, -0.25) is 0 Å². The number of nitrogens with zero attached hydrogens (tertiary/aromatic N) is 1. The first-order chi connectivity index (χ1) is 9.65. The van der Waals surface area contributed by atoms with Gasteiger partial charge in [0, 0.05) is 20.1 Å². The molecule has 0 spiro atoms. The highest BCUT2D eigenvalue weighted by molar-refractivity contribution is 7.89. The Morgan fingerprint density at radius 2 is 1.90 bits per heavy atom. The van der Waals surface area contributed by atoms with Crippen molar-refractivity contribution >= 4 is 10.0 Å². The summed E-state index contributed by atoms with van der Waals surface area (Å²) in [7, 11) is -3.19. The maximum Gasteiger partial charge on any atom is 0.417 e. The summed E-state index contributed by atoms with van der Waals surface area (Å²) < 4.78 is 64.5. The van der Waals surface area contributed by atoms with Gasteiger partial charge in [0.05, 0.1) is 22.6 Å². The molecule has 1 fully saturated rings. The molecular weight excluding hydrogens is 309 g/mol. The fourth-order valence-corrected chi connectivity index (χ4v) is 3.88. The molecule has 21 heavy (non-hydrogen) atoms. The SMILES string of the molecule is CN([C@H]1CNC[C@@H]1O)S(=O)(=O)c1ccccc1C(F)(F)F. The molecule has 0 aromatic heterocycles. The van der Waals surface area contributed by atoms with E-state index in [9.17, 15) is 26.7 Å². The zero-order chi connectivity index (χ0) is 15.8. The van der Waals surface area contributed by atoms with Crippen LogP contribution in [-0.2, 0) is 16.2 Å². The van der Waals surface area contributed by atoms with Gasteiger partial charge in [-0.1, -0.05) is 12.1 Å². The summed E-state index contributed by atoms with van der Waals surface area (Å²) in [5, 5.41) is 12.5. The van der Waals surface area contributed by atoms with Crippen LogP contribution in [0.4, 0.5) is 13.2 Å². The molecule has 1 aliphatic heterocycles. The predicted molar refractivity (Wildman–Crippen MR) is 69.1 cm³/mol. The molecule has 1 aromatic rings. The van der Waals surface area contributed by atoms with Gasteiger partial charge in [0.1, 0.15) is 0 Å². The van der Waals surface area contributed by atoms with Gasteiger partial charge in [-0.05, 0) is 12.1 Å². The Kier molecular flexibility index (Phi) is 4.29. The van der Waals surface area contributed by atoms with E-state index in [0.29, 0.717) is 0 Å². The van der Waals surface area contributed by atoms with E-state index in [4.69, 9.17) is 0 Å². The van der Waals surface area contributed by atoms with Gasteiger partial charge in [-0.25, -0.2) is 8.42 Å². The maximum absolute atomic E-state index is 13.0. The number of nitrogens with one attached hydrogen (secondary N) is 1. The number of hydrogen-bond donors (Lipinski definition) is 2. The van der Waals surface area contributed by atoms with Crippen LogP contribution in [0, 0.1) is 0 Å². The average Bonchev–Trinajstić information content (AvgIpc) is 2.83. The number of likely N-dealkylation sites (N-methyl/N-ethyl adjacent to an activating group) is 1. The van der Waals surface area contributed by atoms with E-state index in [1.165, 1.54) is 13.1 Å². The minimum absolute atomic E-state index is 0.186. The lowest BCUT2D eigenvalue weighted by molar-refractivity contribution is -0.139. The van der Waals surface area contributed by atoms with E-state index in [1.807, 2.05) is 0 Å². The van der Waals surface area contributed by atoms with E-state index < -0.39 is 38.8 Å². The first-order valence-electron chi connectivity index (χ1n) is 6.18. The summed E-state index contributed by atoms with van der Waals surface area (Å²) in [6.45, 7) is 0.385. The number of rotatable bonds is 3. The van der Waals surface area contributed by atoms with E-state index in [1.54, 1.807) is 0 Å². The number of aliphatic hydroxyl groups excluding tert-OH is 1. The summed E-state index contributed by atoms with van der Waals surface area (Å²) in [6, 6.07) is 3.22. The van der Waals surface area contributed by atoms with Crippen molar-refractivity contribution in [2.75, 3.05) is 20.1 Å². The van der Waals surface area contributed by atoms with Gasteiger partial charge in [0.25, 0.3) is 0 Å². The number of aliphatic hydroxyl groups is 1. The van der Waals surface area contributed by atoms with Crippen LogP contribution in [-0.4, -0.2) is 50.1 Å². The third-order valence-electron chi connectivity index (χ3n) is 3.47. The molecular formula is C12H15F3N2O3S. The minimum Gasteiger partial charge on any atom is -0.390 e. The molecule has 1 saturated heterocycles. The summed E-state index contributed by atoms with van der Waals surface area (Å²) in [5.41, 5.74) is -1.21. The predicted octanol–water partition coefficient (Wildman–Crippen LogP) is 0.659. The molecule has 1 aromatic carbocycles. The largest absolute Gasteiger partial charge is 0.417 e. The van der Waals surface area contributed by atoms with E-state index in [-0.39, 0.29) is 13.1 Å². The molecule has 0 aliphatic carbocycles. The monoisotopic (exact) mass is 324 g/mol. The highest BCUT2D eigenvalue weighted by Gasteiger charge is 2.41. The molecule has 1 heterocycles. The number of alkyl halides is 3. The molecule has 2 rings (SSSR count). The van der Waals surface area contributed by atoms with Crippen LogP contribution in [0.5, 0.6) is 0 Å². The van der Waals surface area contributed by atoms with Crippen molar-refractivity contribution < 1.29 is 26.7 Å². The molecule has 0 bridgehead atoms. The Morgan fingerprint density at radius 1 is 1.29 bits per heavy atom. The van der Waals surface area contributed by atoms with Gasteiger partial charge >= 0.3 is 6.18 Å². The maximum atomic E-state index is 13.0. The van der Waals surface area contributed by atoms with Crippen molar-refractivity contribution in [2.24, 2.45) is 0 Å². The lowest BCUT2D eigenvalue weighted by Gasteiger charge is -2.26. The minimum atomic E-state index is -4.77. The van der Waals surface area contributed by atoms with Crippen molar-refractivity contribution in [1.82, 2.24) is 9.62 Å². The summed E-state index contributed by atoms with van der Waals surface area (Å²) in [4.78, 5) is -0.806. The van der Waals surface area contributed by atoms with Crippen LogP contribution < -0.4 is 5.32 Å². The molecule has 1 aliphatic rings. The quantitative estimate of drug-likeness (QED) is 0.857. The second kappa shape index (κ2) is 5.56. The summed E-state index contributed by atoms with van der Waals surface area (Å²) >= 11 is 0. The Hall–Kier alpha value is -1.16. The number of sulfonamides is 1. The normalized spacial score (nSPS) is 23.7. The highest BCUT2D eigenvalue weighted by atomic mass is 32.2. The van der Waals surface area contributed by atoms with Gasteiger partial charge in [0.15, 0.2) is 0 Å². The van der Waals surface area contributed by atoms with E-state index in [2.05, 4.69) is 5.32 Å². The highest BCUT2D eigenvalue weighted by Crippen LogP contribution is 2.35. The van der Waals surface area contributed by atoms with Crippen LogP contribution in [0.3, 0.4) is 0 Å². The van der Waals surface area contributed by atoms with Gasteiger partial charge in [-0.15, -0.1) is 0 Å². The molecule has 0 saturated carbocycles. The second-order valence-electron chi connectivity index (χ2n) is 4.81. The Labute approximate surface area is 120 Å². The zero-order valence-electron chi connectivity index (χ0n) is 11.1. The smallest absolute Gasteiger partial charge is 0.390 e. The fraction of sp³-hybridized carbons (Fsp3) is 0.500. The van der Waals surface area contributed by atoms with Gasteiger partial charge in [0.2, 0.25) is 10.0 Å². The fourth-order valence-electron chi connectivity index (χ4n) is 2.28. The first-order valence-corrected chi connectivity index (χ1v) is 7.62. The van der Waals surface area contributed by atoms with Crippen LogP contribution in [0.2, 0.25) is 0 Å². The molecule has 2 atom stereocenters. The van der Waals surface area contributed by atoms with Crippen molar-refractivity contribution in [2.45, 2.75) is 23.2 Å². The van der Waals surface area contributed by atoms with Crippen molar-refractivity contribution in [1.29, 1.82) is 0 Å². The molecule has 0 amide bonds. The standard InChI is InChI=1S/C12H15F3N2O3S/c1-17(9-6-16-7-10(9)18)21(19,20)11-5-3-2-4-8(11)12(13,14)15/h2-5,9-10,16,18H,6-7H2,1H3/t9-,10-/m0/s1. The lowest BCUT2D eigenvalue weighted by Crippen LogP contribution is -2.44. The van der Waals surface area contributed by atoms with Crippen LogP contribution in [0.25, 0.3) is 0 Å². The van der Waals surface area contributed by atoms with Crippen molar-refractivity contribution in [3.8, 4) is 0 Å². The Bertz CT molecular complexity index is 618. The summed E-state index contributed by atoms with van der Waals surface area (Å²) in [6.07, 6.45) is -5.72. The lowest BCUT2D eigenvalue weighted by atomic mass is 10.2. The Balaban J connectivity index is 2.45. The van der Waals surface area contributed by atoms with Crippen LogP contribution in [0.15, 0.2) is 29.2 Å². The number of β-amino-alcohol motifs (C(OH)–C–C–N with tert-alkyl or cyclic N) is 1. The van der Waals surface area contributed by atoms with Gasteiger partial charge < -0.3 is 10.4 Å². The third kappa shape index (κ3) is 3.05. The first kappa shape index (κ1) is 16.2. The number of benzene rings is 1.